The molecule has 0 radical (unpaired) electrons. The van der Waals surface area contributed by atoms with Crippen LogP contribution in [0.1, 0.15) is 25.0 Å². The summed E-state index contributed by atoms with van der Waals surface area (Å²) >= 11 is 0. The maximum Gasteiger partial charge on any atom is 0.248 e. The highest BCUT2D eigenvalue weighted by Crippen LogP contribution is 2.16. The average molecular weight is 203 g/mol. The van der Waals surface area contributed by atoms with Crippen LogP contribution >= 0.6 is 0 Å². The molecule has 2 aromatic rings. The van der Waals surface area contributed by atoms with Crippen molar-refractivity contribution in [1.29, 1.82) is 0 Å². The first kappa shape index (κ1) is 11.5. The van der Waals surface area contributed by atoms with Gasteiger partial charge < -0.3 is 4.98 Å². The molecule has 2 nitrogen and oxygen atoms in total. The van der Waals surface area contributed by atoms with Gasteiger partial charge in [-0.3, -0.25) is 4.79 Å². The van der Waals surface area contributed by atoms with Crippen LogP contribution in [0.4, 0.5) is 0 Å². The molecule has 15 heavy (non-hydrogen) atoms. The summed E-state index contributed by atoms with van der Waals surface area (Å²) in [6, 6.07) is 7.53. The molecule has 0 bridgehead atoms. The normalized spacial score (nSPS) is 9.60. The molecule has 0 aliphatic heterocycles. The maximum absolute atomic E-state index is 11.1. The fourth-order valence-electron chi connectivity index (χ4n) is 1.64. The van der Waals surface area contributed by atoms with Gasteiger partial charge in [-0.25, -0.2) is 0 Å². The van der Waals surface area contributed by atoms with E-state index in [9.17, 15) is 4.79 Å². The Bertz CT molecular complexity index is 511. The maximum atomic E-state index is 11.1. The predicted molar refractivity (Wildman–Crippen MR) is 65.4 cm³/mol. The largest absolute Gasteiger partial charge is 0.322 e. The molecule has 0 atom stereocenters. The first-order chi connectivity index (χ1) is 7.16. The highest BCUT2D eigenvalue weighted by molar-refractivity contribution is 5.82. The van der Waals surface area contributed by atoms with E-state index in [0.717, 1.165) is 10.9 Å². The summed E-state index contributed by atoms with van der Waals surface area (Å²) in [6.07, 6.45) is 0. The van der Waals surface area contributed by atoms with Gasteiger partial charge in [-0.1, -0.05) is 19.9 Å². The fourth-order valence-corrected chi connectivity index (χ4v) is 1.64. The highest BCUT2D eigenvalue weighted by atomic mass is 16.1. The summed E-state index contributed by atoms with van der Waals surface area (Å²) in [5.41, 5.74) is 3.25. The quantitative estimate of drug-likeness (QED) is 0.701. The minimum Gasteiger partial charge on any atom is -0.322 e. The van der Waals surface area contributed by atoms with Crippen molar-refractivity contribution in [3.05, 3.63) is 45.7 Å². The van der Waals surface area contributed by atoms with Gasteiger partial charge in [-0.15, -0.1) is 0 Å². The Labute approximate surface area is 90.0 Å². The van der Waals surface area contributed by atoms with Crippen molar-refractivity contribution in [3.63, 3.8) is 0 Å². The lowest BCUT2D eigenvalue weighted by Gasteiger charge is -2.02. The summed E-state index contributed by atoms with van der Waals surface area (Å²) in [4.78, 5) is 13.9. The molecule has 1 aromatic carbocycles. The number of fused-ring (bicyclic) bond motifs is 1. The van der Waals surface area contributed by atoms with Crippen LogP contribution in [-0.4, -0.2) is 4.98 Å². The highest BCUT2D eigenvalue weighted by Gasteiger charge is 1.98. The van der Waals surface area contributed by atoms with Gasteiger partial charge in [0.25, 0.3) is 0 Å². The molecular weight excluding hydrogens is 186 g/mol. The number of aryl methyl sites for hydroxylation is 2. The SMILES string of the molecule is CC.Cc1cc(C)c2ccc(=O)[nH]c2c1. The average Bonchev–Trinajstić information content (AvgIpc) is 2.19. The molecule has 0 saturated carbocycles. The third-order valence-electron chi connectivity index (χ3n) is 2.19. The number of pyridine rings is 1. The fraction of sp³-hybridized carbons (Fsp3) is 0.308. The number of aromatic amines is 1. The molecule has 0 amide bonds. The lowest BCUT2D eigenvalue weighted by molar-refractivity contribution is 1.29. The van der Waals surface area contributed by atoms with E-state index in [1.165, 1.54) is 11.1 Å². The van der Waals surface area contributed by atoms with Crippen molar-refractivity contribution in [3.8, 4) is 0 Å². The minimum atomic E-state index is -0.0440. The molecule has 2 heteroatoms. The van der Waals surface area contributed by atoms with Crippen LogP contribution in [-0.2, 0) is 0 Å². The van der Waals surface area contributed by atoms with Gasteiger partial charge in [-0.2, -0.15) is 0 Å². The molecule has 0 aliphatic carbocycles. The molecule has 2 rings (SSSR count). The van der Waals surface area contributed by atoms with Gasteiger partial charge in [-0.05, 0) is 37.1 Å². The Morgan fingerprint density at radius 1 is 1.07 bits per heavy atom. The molecule has 1 N–H and O–H groups in total. The van der Waals surface area contributed by atoms with Gasteiger partial charge in [0.05, 0.1) is 0 Å². The molecule has 1 aromatic heterocycles. The van der Waals surface area contributed by atoms with E-state index in [1.54, 1.807) is 6.07 Å². The number of H-pyrrole nitrogens is 1. The number of benzene rings is 1. The lowest BCUT2D eigenvalue weighted by atomic mass is 10.1. The van der Waals surface area contributed by atoms with Crippen LogP contribution in [0.2, 0.25) is 0 Å². The summed E-state index contributed by atoms with van der Waals surface area (Å²) in [6.45, 7) is 8.07. The molecule has 0 saturated heterocycles. The number of nitrogens with one attached hydrogen (secondary N) is 1. The number of hydrogen-bond acceptors (Lipinski definition) is 1. The van der Waals surface area contributed by atoms with Crippen molar-refractivity contribution in [2.24, 2.45) is 0 Å². The van der Waals surface area contributed by atoms with Crippen LogP contribution in [0.25, 0.3) is 10.9 Å². The van der Waals surface area contributed by atoms with Crippen LogP contribution < -0.4 is 5.56 Å². The lowest BCUT2D eigenvalue weighted by Crippen LogP contribution is -2.02. The summed E-state index contributed by atoms with van der Waals surface area (Å²) < 4.78 is 0. The molecule has 0 spiro atoms. The standard InChI is InChI=1S/C11H11NO.C2H6/c1-7-5-8(2)9-3-4-11(13)12-10(9)6-7;1-2/h3-6H,1-2H3,(H,12,13);1-2H3. The van der Waals surface area contributed by atoms with Gasteiger partial charge in [0.1, 0.15) is 0 Å². The molecule has 1 heterocycles. The van der Waals surface area contributed by atoms with Gasteiger partial charge in [0.15, 0.2) is 0 Å². The van der Waals surface area contributed by atoms with Gasteiger partial charge >= 0.3 is 0 Å². The van der Waals surface area contributed by atoms with Gasteiger partial charge in [0.2, 0.25) is 5.56 Å². The molecule has 80 valence electrons. The van der Waals surface area contributed by atoms with E-state index in [0.29, 0.717) is 0 Å². The predicted octanol–water partition coefficient (Wildman–Crippen LogP) is 3.17. The van der Waals surface area contributed by atoms with Crippen LogP contribution in [0, 0.1) is 13.8 Å². The smallest absolute Gasteiger partial charge is 0.248 e. The zero-order valence-electron chi connectivity index (χ0n) is 9.72. The second-order valence-corrected chi connectivity index (χ2v) is 3.37. The van der Waals surface area contributed by atoms with E-state index in [-0.39, 0.29) is 5.56 Å². The molecule has 0 unspecified atom stereocenters. The zero-order valence-corrected chi connectivity index (χ0v) is 9.72. The topological polar surface area (TPSA) is 32.9 Å². The first-order valence-electron chi connectivity index (χ1n) is 5.27. The summed E-state index contributed by atoms with van der Waals surface area (Å²) in [5, 5.41) is 1.12. The monoisotopic (exact) mass is 203 g/mol. The van der Waals surface area contributed by atoms with E-state index < -0.39 is 0 Å². The van der Waals surface area contributed by atoms with Crippen molar-refractivity contribution >= 4 is 10.9 Å². The van der Waals surface area contributed by atoms with Crippen LogP contribution in [0.15, 0.2) is 29.1 Å². The zero-order chi connectivity index (χ0) is 11.4. The summed E-state index contributed by atoms with van der Waals surface area (Å²) in [7, 11) is 0. The molecule has 0 fully saturated rings. The Balaban J connectivity index is 0.000000531. The number of rotatable bonds is 0. The second-order valence-electron chi connectivity index (χ2n) is 3.37. The van der Waals surface area contributed by atoms with Crippen molar-refractivity contribution in [2.45, 2.75) is 27.7 Å². The van der Waals surface area contributed by atoms with Crippen LogP contribution in [0.3, 0.4) is 0 Å². The van der Waals surface area contributed by atoms with E-state index in [1.807, 2.05) is 39.8 Å². The minimum absolute atomic E-state index is 0.0440. The molecular formula is C13H17NO. The van der Waals surface area contributed by atoms with Crippen molar-refractivity contribution in [1.82, 2.24) is 4.98 Å². The Kier molecular flexibility index (Phi) is 3.67. The van der Waals surface area contributed by atoms with Crippen molar-refractivity contribution < 1.29 is 0 Å². The van der Waals surface area contributed by atoms with Crippen LogP contribution in [0.5, 0.6) is 0 Å². The third-order valence-corrected chi connectivity index (χ3v) is 2.19. The van der Waals surface area contributed by atoms with E-state index in [4.69, 9.17) is 0 Å². The van der Waals surface area contributed by atoms with E-state index in [2.05, 4.69) is 11.1 Å². The number of aromatic nitrogens is 1. The third kappa shape index (κ3) is 2.46. The first-order valence-corrected chi connectivity index (χ1v) is 5.27. The van der Waals surface area contributed by atoms with Gasteiger partial charge in [0, 0.05) is 17.0 Å². The number of hydrogen-bond donors (Lipinski definition) is 1. The summed E-state index contributed by atoms with van der Waals surface area (Å²) in [5.74, 6) is 0. The Hall–Kier alpha value is -1.57. The molecule has 0 aliphatic rings. The Morgan fingerprint density at radius 3 is 2.40 bits per heavy atom. The second kappa shape index (κ2) is 4.78. The Morgan fingerprint density at radius 2 is 1.73 bits per heavy atom. The van der Waals surface area contributed by atoms with Crippen molar-refractivity contribution in [2.75, 3.05) is 0 Å². The van der Waals surface area contributed by atoms with E-state index >= 15 is 0 Å².